The number of likely N-dealkylation sites (tertiary alicyclic amines) is 1. The number of methoxy groups -OCH3 is 1. The summed E-state index contributed by atoms with van der Waals surface area (Å²) in [7, 11) is 1.41. The highest BCUT2D eigenvalue weighted by Gasteiger charge is 2.27. The van der Waals surface area contributed by atoms with Crippen molar-refractivity contribution in [3.8, 4) is 5.75 Å². The Bertz CT molecular complexity index is 556. The lowest BCUT2D eigenvalue weighted by Gasteiger charge is -2.30. The summed E-state index contributed by atoms with van der Waals surface area (Å²) < 4.78 is 10.6. The molecule has 0 unspecified atom stereocenters. The molecule has 1 heterocycles. The van der Waals surface area contributed by atoms with E-state index in [1.54, 1.807) is 0 Å². The first-order valence-electron chi connectivity index (χ1n) is 8.57. The largest absolute Gasteiger partial charge is 0.493 e. The van der Waals surface area contributed by atoms with Crippen LogP contribution in [0.4, 0.5) is 0 Å². The fourth-order valence-electron chi connectivity index (χ4n) is 3.11. The van der Waals surface area contributed by atoms with E-state index in [1.165, 1.54) is 7.11 Å². The van der Waals surface area contributed by atoms with Gasteiger partial charge >= 0.3 is 5.97 Å². The lowest BCUT2D eigenvalue weighted by Crippen LogP contribution is -2.40. The van der Waals surface area contributed by atoms with E-state index >= 15 is 0 Å². The number of rotatable bonds is 6. The summed E-state index contributed by atoms with van der Waals surface area (Å²) >= 11 is 0. The number of hydrogen-bond donors (Lipinski definition) is 0. The number of para-hydroxylation sites is 1. The smallest absolute Gasteiger partial charge is 0.308 e. The molecule has 1 aromatic carbocycles. The first-order chi connectivity index (χ1) is 11.5. The minimum absolute atomic E-state index is 0.0635. The van der Waals surface area contributed by atoms with Gasteiger partial charge in [-0.25, -0.2) is 0 Å². The molecule has 1 aromatic rings. The maximum absolute atomic E-state index is 12.2. The van der Waals surface area contributed by atoms with Crippen molar-refractivity contribution < 1.29 is 19.1 Å². The highest BCUT2D eigenvalue weighted by atomic mass is 16.5. The number of aryl methyl sites for hydroxylation is 2. The summed E-state index contributed by atoms with van der Waals surface area (Å²) in [6.45, 7) is 5.86. The highest BCUT2D eigenvalue weighted by molar-refractivity contribution is 5.77. The van der Waals surface area contributed by atoms with Crippen molar-refractivity contribution in [2.24, 2.45) is 5.92 Å². The van der Waals surface area contributed by atoms with Gasteiger partial charge in [0.05, 0.1) is 19.6 Å². The Morgan fingerprint density at radius 2 is 1.79 bits per heavy atom. The quantitative estimate of drug-likeness (QED) is 0.593. The third kappa shape index (κ3) is 4.73. The summed E-state index contributed by atoms with van der Waals surface area (Å²) in [4.78, 5) is 25.6. The number of esters is 1. The zero-order chi connectivity index (χ0) is 17.5. The van der Waals surface area contributed by atoms with Gasteiger partial charge in [-0.05, 0) is 44.2 Å². The molecule has 1 aliphatic heterocycles. The van der Waals surface area contributed by atoms with Gasteiger partial charge in [0.1, 0.15) is 5.75 Å². The van der Waals surface area contributed by atoms with Gasteiger partial charge in [-0.3, -0.25) is 9.59 Å². The van der Waals surface area contributed by atoms with E-state index in [2.05, 4.69) is 0 Å². The summed E-state index contributed by atoms with van der Waals surface area (Å²) in [6, 6.07) is 6.07. The topological polar surface area (TPSA) is 55.8 Å². The number of hydrogen-bond acceptors (Lipinski definition) is 4. The molecule has 0 atom stereocenters. The second-order valence-corrected chi connectivity index (χ2v) is 6.35. The molecular formula is C19H27NO4. The number of carbonyl (C=O) groups is 2. The average molecular weight is 333 g/mol. The van der Waals surface area contributed by atoms with Crippen molar-refractivity contribution >= 4 is 11.9 Å². The van der Waals surface area contributed by atoms with E-state index in [0.29, 0.717) is 45.4 Å². The van der Waals surface area contributed by atoms with Gasteiger partial charge in [0, 0.05) is 19.5 Å². The van der Waals surface area contributed by atoms with Crippen molar-refractivity contribution in [3.05, 3.63) is 29.3 Å². The number of benzene rings is 1. The lowest BCUT2D eigenvalue weighted by molar-refractivity contribution is -0.148. The Labute approximate surface area is 143 Å². The van der Waals surface area contributed by atoms with Crippen molar-refractivity contribution in [1.29, 1.82) is 0 Å². The van der Waals surface area contributed by atoms with Gasteiger partial charge in [-0.15, -0.1) is 0 Å². The van der Waals surface area contributed by atoms with E-state index in [4.69, 9.17) is 9.47 Å². The summed E-state index contributed by atoms with van der Waals surface area (Å²) in [5.41, 5.74) is 2.23. The number of nitrogens with zero attached hydrogens (tertiary/aromatic N) is 1. The molecule has 0 bridgehead atoms. The van der Waals surface area contributed by atoms with Crippen LogP contribution in [0.15, 0.2) is 18.2 Å². The first-order valence-corrected chi connectivity index (χ1v) is 8.57. The van der Waals surface area contributed by atoms with Crippen LogP contribution in [0.1, 0.15) is 36.8 Å². The van der Waals surface area contributed by atoms with Crippen molar-refractivity contribution in [2.75, 3.05) is 26.8 Å². The molecule has 0 spiro atoms. The van der Waals surface area contributed by atoms with Crippen LogP contribution in [-0.2, 0) is 14.3 Å². The SMILES string of the molecule is COC(=O)C1CCN(C(=O)CCCOc2c(C)cccc2C)CC1. The van der Waals surface area contributed by atoms with Crippen molar-refractivity contribution in [3.63, 3.8) is 0 Å². The maximum atomic E-state index is 12.2. The van der Waals surface area contributed by atoms with Crippen molar-refractivity contribution in [2.45, 2.75) is 39.5 Å². The average Bonchev–Trinajstić information content (AvgIpc) is 2.60. The van der Waals surface area contributed by atoms with Crippen molar-refractivity contribution in [1.82, 2.24) is 4.90 Å². The number of amides is 1. The molecule has 1 saturated heterocycles. The normalized spacial score (nSPS) is 15.2. The van der Waals surface area contributed by atoms with Crippen LogP contribution in [0.2, 0.25) is 0 Å². The fraction of sp³-hybridized carbons (Fsp3) is 0.579. The molecule has 0 aromatic heterocycles. The highest BCUT2D eigenvalue weighted by Crippen LogP contribution is 2.23. The van der Waals surface area contributed by atoms with Crippen LogP contribution in [0, 0.1) is 19.8 Å². The summed E-state index contributed by atoms with van der Waals surface area (Å²) in [6.07, 6.45) is 2.56. The zero-order valence-electron chi connectivity index (χ0n) is 14.8. The van der Waals surface area contributed by atoms with Gasteiger partial charge in [0.15, 0.2) is 0 Å². The molecule has 5 nitrogen and oxygen atoms in total. The lowest BCUT2D eigenvalue weighted by atomic mass is 9.97. The second kappa shape index (κ2) is 8.71. The first kappa shape index (κ1) is 18.3. The minimum Gasteiger partial charge on any atom is -0.493 e. The molecule has 1 amide bonds. The summed E-state index contributed by atoms with van der Waals surface area (Å²) in [5.74, 6) is 0.836. The molecular weight excluding hydrogens is 306 g/mol. The van der Waals surface area contributed by atoms with Gasteiger partial charge in [-0.1, -0.05) is 18.2 Å². The van der Waals surface area contributed by atoms with E-state index in [-0.39, 0.29) is 17.8 Å². The molecule has 24 heavy (non-hydrogen) atoms. The molecule has 1 aliphatic rings. The second-order valence-electron chi connectivity index (χ2n) is 6.35. The predicted molar refractivity (Wildman–Crippen MR) is 92.0 cm³/mol. The molecule has 0 aliphatic carbocycles. The molecule has 0 N–H and O–H groups in total. The van der Waals surface area contributed by atoms with E-state index in [9.17, 15) is 9.59 Å². The van der Waals surface area contributed by atoms with Crippen LogP contribution in [-0.4, -0.2) is 43.6 Å². The third-order valence-corrected chi connectivity index (χ3v) is 4.57. The zero-order valence-corrected chi connectivity index (χ0v) is 14.8. The van der Waals surface area contributed by atoms with Crippen LogP contribution in [0.5, 0.6) is 5.75 Å². The molecule has 5 heteroatoms. The fourth-order valence-corrected chi connectivity index (χ4v) is 3.11. The van der Waals surface area contributed by atoms with Crippen LogP contribution in [0.3, 0.4) is 0 Å². The van der Waals surface area contributed by atoms with Crippen LogP contribution in [0.25, 0.3) is 0 Å². The number of piperidine rings is 1. The molecule has 2 rings (SSSR count). The standard InChI is InChI=1S/C19H27NO4/c1-14-6-4-7-15(2)18(14)24-13-5-8-17(21)20-11-9-16(10-12-20)19(22)23-3/h4,6-7,16H,5,8-13H2,1-3H3. The molecule has 132 valence electrons. The van der Waals surface area contributed by atoms with E-state index in [1.807, 2.05) is 36.9 Å². The monoisotopic (exact) mass is 333 g/mol. The molecule has 0 saturated carbocycles. The Morgan fingerprint density at radius 1 is 1.17 bits per heavy atom. The number of ether oxygens (including phenoxy) is 2. The minimum atomic E-state index is -0.163. The molecule has 0 radical (unpaired) electrons. The van der Waals surface area contributed by atoms with Gasteiger partial charge in [0.25, 0.3) is 0 Å². The number of carbonyl (C=O) groups excluding carboxylic acids is 2. The van der Waals surface area contributed by atoms with Crippen LogP contribution >= 0.6 is 0 Å². The summed E-state index contributed by atoms with van der Waals surface area (Å²) in [5, 5.41) is 0. The van der Waals surface area contributed by atoms with E-state index in [0.717, 1.165) is 16.9 Å². The Morgan fingerprint density at radius 3 is 2.38 bits per heavy atom. The third-order valence-electron chi connectivity index (χ3n) is 4.57. The Kier molecular flexibility index (Phi) is 6.64. The Hall–Kier alpha value is -2.04. The molecule has 1 fully saturated rings. The van der Waals surface area contributed by atoms with E-state index < -0.39 is 0 Å². The van der Waals surface area contributed by atoms with Gasteiger partial charge in [0.2, 0.25) is 5.91 Å². The Balaban J connectivity index is 1.70. The predicted octanol–water partition coefficient (Wildman–Crippen LogP) is 2.87. The maximum Gasteiger partial charge on any atom is 0.308 e. The van der Waals surface area contributed by atoms with Gasteiger partial charge in [-0.2, -0.15) is 0 Å². The van der Waals surface area contributed by atoms with Gasteiger partial charge < -0.3 is 14.4 Å². The van der Waals surface area contributed by atoms with Crippen LogP contribution < -0.4 is 4.74 Å².